The zero-order chi connectivity index (χ0) is 36.9. The summed E-state index contributed by atoms with van der Waals surface area (Å²) in [5.41, 5.74) is -4.88. The van der Waals surface area contributed by atoms with Crippen molar-refractivity contribution in [2.45, 2.75) is 62.9 Å². The number of alkyl halides is 9. The predicted octanol–water partition coefficient (Wildman–Crippen LogP) is 9.50. The van der Waals surface area contributed by atoms with Crippen LogP contribution >= 0.6 is 0 Å². The average molecular weight is 723 g/mol. The van der Waals surface area contributed by atoms with Gasteiger partial charge in [-0.2, -0.15) is 39.5 Å². The Kier molecular flexibility index (Phi) is 9.66. The summed E-state index contributed by atoms with van der Waals surface area (Å²) < 4.78 is 149. The van der Waals surface area contributed by atoms with E-state index in [9.17, 15) is 54.2 Å². The van der Waals surface area contributed by atoms with Gasteiger partial charge in [0.2, 0.25) is 0 Å². The fraction of sp³-hybridized carbons (Fsp3) is 0.394. The van der Waals surface area contributed by atoms with Crippen molar-refractivity contribution in [3.8, 4) is 16.9 Å². The molecule has 2 aliphatic heterocycles. The van der Waals surface area contributed by atoms with Gasteiger partial charge in [-0.3, -0.25) is 4.90 Å². The van der Waals surface area contributed by atoms with Gasteiger partial charge >= 0.3 is 30.7 Å². The van der Waals surface area contributed by atoms with E-state index in [0.717, 1.165) is 29.2 Å². The summed E-state index contributed by atoms with van der Waals surface area (Å²) in [6, 6.07) is 4.43. The molecule has 2 atom stereocenters. The Hall–Kier alpha value is -4.70. The van der Waals surface area contributed by atoms with E-state index in [1.807, 2.05) is 0 Å². The Morgan fingerprint density at radius 1 is 0.860 bits per heavy atom. The highest BCUT2D eigenvalue weighted by atomic mass is 19.4. The molecule has 0 aromatic heterocycles. The molecular weight excluding hydrogens is 694 g/mol. The predicted molar refractivity (Wildman–Crippen MR) is 156 cm³/mol. The molecule has 17 heteroatoms. The molecule has 2 fully saturated rings. The van der Waals surface area contributed by atoms with Gasteiger partial charge in [0.1, 0.15) is 17.7 Å². The quantitative estimate of drug-likeness (QED) is 0.257. The molecule has 3 aromatic rings. The Balaban J connectivity index is 1.56. The van der Waals surface area contributed by atoms with Crippen molar-refractivity contribution in [2.75, 3.05) is 20.2 Å². The molecule has 270 valence electrons. The summed E-state index contributed by atoms with van der Waals surface area (Å²) in [6.07, 6.45) is -18.8. The first-order valence-corrected chi connectivity index (χ1v) is 15.0. The van der Waals surface area contributed by atoms with Crippen molar-refractivity contribution in [1.29, 1.82) is 0 Å². The third-order valence-electron chi connectivity index (χ3n) is 8.92. The molecule has 0 unspecified atom stereocenters. The van der Waals surface area contributed by atoms with E-state index in [1.54, 1.807) is 0 Å². The summed E-state index contributed by atoms with van der Waals surface area (Å²) in [4.78, 5) is 26.5. The molecule has 5 rings (SSSR count). The fourth-order valence-corrected chi connectivity index (χ4v) is 6.30. The van der Waals surface area contributed by atoms with Gasteiger partial charge in [-0.15, -0.1) is 0 Å². The van der Waals surface area contributed by atoms with Crippen LogP contribution in [0, 0.1) is 5.82 Å². The maximum atomic E-state index is 15.4. The third-order valence-corrected chi connectivity index (χ3v) is 8.92. The number of carboxylic acid groups (broad SMARTS) is 1. The number of halogens is 10. The van der Waals surface area contributed by atoms with Crippen molar-refractivity contribution < 1.29 is 68.1 Å². The minimum absolute atomic E-state index is 0.0564. The van der Waals surface area contributed by atoms with E-state index in [4.69, 9.17) is 9.47 Å². The van der Waals surface area contributed by atoms with E-state index in [-0.39, 0.29) is 60.0 Å². The standard InChI is InChI=1S/C33H28F10N2O5/c1-16-28(18-9-21(32(38,39)40)12-22(10-18)33(41,42)43)50-30(48)45(16)15-19-11-20(31(35,36)37)3-4-23(19)25-13-24(26(34)14-27(25)49-2)17-5-7-44(8-6-17)29(46)47/h3-4,9-14,16-17,28H,5-8,15H2,1-2H3,(H,46,47)/t16-,28-/m0/s1. The molecule has 2 heterocycles. The van der Waals surface area contributed by atoms with Crippen LogP contribution in [0.2, 0.25) is 0 Å². The second-order valence-corrected chi connectivity index (χ2v) is 12.0. The van der Waals surface area contributed by atoms with E-state index >= 15 is 4.39 Å². The van der Waals surface area contributed by atoms with Crippen molar-refractivity contribution in [3.63, 3.8) is 0 Å². The first-order valence-electron chi connectivity index (χ1n) is 15.0. The molecule has 1 N–H and O–H groups in total. The maximum Gasteiger partial charge on any atom is 0.416 e. The van der Waals surface area contributed by atoms with Gasteiger partial charge in [-0.05, 0) is 84.3 Å². The van der Waals surface area contributed by atoms with E-state index in [2.05, 4.69) is 0 Å². The Morgan fingerprint density at radius 3 is 1.96 bits per heavy atom. The molecule has 7 nitrogen and oxygen atoms in total. The SMILES string of the molecule is COc1cc(F)c(C2CCN(C(=O)O)CC2)cc1-c1ccc(C(F)(F)F)cc1CN1C(=O)O[C@H](c2cc(C(F)(F)F)cc(C(F)(F)F)c2)[C@@H]1C. The zero-order valence-corrected chi connectivity index (χ0v) is 26.1. The summed E-state index contributed by atoms with van der Waals surface area (Å²) in [5.74, 6) is -1.25. The lowest BCUT2D eigenvalue weighted by Gasteiger charge is -2.31. The Morgan fingerprint density at radius 2 is 1.44 bits per heavy atom. The van der Waals surface area contributed by atoms with Crippen LogP contribution in [0.4, 0.5) is 53.5 Å². The van der Waals surface area contributed by atoms with Crippen LogP contribution in [0.5, 0.6) is 5.75 Å². The molecule has 0 bridgehead atoms. The molecule has 0 radical (unpaired) electrons. The van der Waals surface area contributed by atoms with Crippen molar-refractivity contribution >= 4 is 12.2 Å². The summed E-state index contributed by atoms with van der Waals surface area (Å²) in [6.45, 7) is 0.835. The second kappa shape index (κ2) is 13.2. The van der Waals surface area contributed by atoms with Gasteiger partial charge in [0.15, 0.2) is 0 Å². The van der Waals surface area contributed by atoms with E-state index in [1.165, 1.54) is 25.0 Å². The molecular formula is C33H28F10N2O5. The summed E-state index contributed by atoms with van der Waals surface area (Å²) in [5, 5.41) is 9.27. The number of carbonyl (C=O) groups excluding carboxylic acids is 1. The van der Waals surface area contributed by atoms with Crippen LogP contribution in [0.3, 0.4) is 0 Å². The Bertz CT molecular complexity index is 1750. The number of likely N-dealkylation sites (tertiary alicyclic amines) is 1. The van der Waals surface area contributed by atoms with Crippen LogP contribution in [-0.2, 0) is 29.8 Å². The van der Waals surface area contributed by atoms with Crippen molar-refractivity contribution in [3.05, 3.63) is 87.7 Å². The number of piperidine rings is 1. The largest absolute Gasteiger partial charge is 0.496 e. The first-order chi connectivity index (χ1) is 23.2. The number of benzene rings is 3. The highest BCUT2D eigenvalue weighted by molar-refractivity contribution is 5.77. The third kappa shape index (κ3) is 7.40. The number of amides is 2. The summed E-state index contributed by atoms with van der Waals surface area (Å²) in [7, 11) is 1.20. The van der Waals surface area contributed by atoms with E-state index in [0.29, 0.717) is 12.1 Å². The number of cyclic esters (lactones) is 1. The molecule has 2 saturated heterocycles. The zero-order valence-electron chi connectivity index (χ0n) is 26.1. The highest BCUT2D eigenvalue weighted by Crippen LogP contribution is 2.44. The van der Waals surface area contributed by atoms with Gasteiger partial charge in [0.25, 0.3) is 0 Å². The van der Waals surface area contributed by atoms with Gasteiger partial charge in [-0.1, -0.05) is 6.07 Å². The van der Waals surface area contributed by atoms with E-state index < -0.39 is 83.4 Å². The van der Waals surface area contributed by atoms with Crippen LogP contribution in [-0.4, -0.2) is 53.3 Å². The lowest BCUT2D eigenvalue weighted by atomic mass is 9.86. The molecule has 0 aliphatic carbocycles. The van der Waals surface area contributed by atoms with Crippen molar-refractivity contribution in [2.24, 2.45) is 0 Å². The molecule has 3 aromatic carbocycles. The lowest BCUT2D eigenvalue weighted by molar-refractivity contribution is -0.143. The van der Waals surface area contributed by atoms with Crippen LogP contribution in [0.15, 0.2) is 48.5 Å². The minimum Gasteiger partial charge on any atom is -0.496 e. The van der Waals surface area contributed by atoms with Crippen LogP contribution in [0.1, 0.15) is 65.2 Å². The normalized spacial score (nSPS) is 19.2. The highest BCUT2D eigenvalue weighted by Gasteiger charge is 2.44. The van der Waals surface area contributed by atoms with Crippen LogP contribution in [0.25, 0.3) is 11.1 Å². The van der Waals surface area contributed by atoms with Gasteiger partial charge in [-0.25, -0.2) is 14.0 Å². The molecule has 2 amide bonds. The number of nitrogens with zero attached hydrogens (tertiary/aromatic N) is 2. The topological polar surface area (TPSA) is 79.3 Å². The number of hydrogen-bond acceptors (Lipinski definition) is 4. The molecule has 50 heavy (non-hydrogen) atoms. The molecule has 2 aliphatic rings. The fourth-order valence-electron chi connectivity index (χ4n) is 6.30. The maximum absolute atomic E-state index is 15.4. The van der Waals surface area contributed by atoms with Gasteiger partial charge in [0, 0.05) is 24.7 Å². The monoisotopic (exact) mass is 722 g/mol. The Labute approximate surface area is 278 Å². The number of hydrogen-bond donors (Lipinski definition) is 1. The minimum atomic E-state index is -5.19. The number of rotatable bonds is 6. The molecule has 0 saturated carbocycles. The number of ether oxygens (including phenoxy) is 2. The average Bonchev–Trinajstić information content (AvgIpc) is 3.31. The second-order valence-electron chi connectivity index (χ2n) is 12.0. The number of methoxy groups -OCH3 is 1. The first kappa shape index (κ1) is 36.6. The van der Waals surface area contributed by atoms with Gasteiger partial charge in [0.05, 0.1) is 36.4 Å². The van der Waals surface area contributed by atoms with Crippen LogP contribution < -0.4 is 4.74 Å². The number of carbonyl (C=O) groups is 2. The smallest absolute Gasteiger partial charge is 0.416 e. The van der Waals surface area contributed by atoms with Crippen molar-refractivity contribution in [1.82, 2.24) is 9.80 Å². The van der Waals surface area contributed by atoms with Gasteiger partial charge < -0.3 is 19.5 Å². The summed E-state index contributed by atoms with van der Waals surface area (Å²) >= 11 is 0. The lowest BCUT2D eigenvalue weighted by Crippen LogP contribution is -2.37. The molecule has 0 spiro atoms.